The Hall–Kier alpha value is -4.04. The molecule has 1 fully saturated rings. The van der Waals surface area contributed by atoms with E-state index in [0.29, 0.717) is 23.4 Å². The van der Waals surface area contributed by atoms with Crippen molar-refractivity contribution in [3.63, 3.8) is 0 Å². The summed E-state index contributed by atoms with van der Waals surface area (Å²) in [6.45, 7) is 0.0524. The molecule has 2 aliphatic rings. The number of nitrogens with zero attached hydrogens (tertiary/aromatic N) is 4. The van der Waals surface area contributed by atoms with Crippen LogP contribution >= 0.6 is 0 Å². The Bertz CT molecular complexity index is 1370. The first-order valence-electron chi connectivity index (χ1n) is 11.9. The third-order valence-corrected chi connectivity index (χ3v) is 7.20. The van der Waals surface area contributed by atoms with Crippen molar-refractivity contribution < 1.29 is 14.7 Å². The minimum atomic E-state index is -0.839. The number of benzene rings is 1. The maximum absolute atomic E-state index is 13.7. The quantitative estimate of drug-likeness (QED) is 0.600. The van der Waals surface area contributed by atoms with Crippen molar-refractivity contribution >= 4 is 24.0 Å². The first-order chi connectivity index (χ1) is 17.4. The fraction of sp³-hybridized carbons (Fsp3) is 0.286. The lowest BCUT2D eigenvalue weighted by atomic mass is 9.88. The first-order valence-corrected chi connectivity index (χ1v) is 11.9. The van der Waals surface area contributed by atoms with Crippen LogP contribution in [0.5, 0.6) is 0 Å². The van der Waals surface area contributed by atoms with Crippen molar-refractivity contribution in [2.45, 2.75) is 18.6 Å². The van der Waals surface area contributed by atoms with Gasteiger partial charge in [-0.25, -0.2) is 0 Å². The summed E-state index contributed by atoms with van der Waals surface area (Å²) in [4.78, 5) is 47.5. The highest BCUT2D eigenvalue weighted by atomic mass is 16.3. The van der Waals surface area contributed by atoms with E-state index in [0.717, 1.165) is 5.56 Å². The summed E-state index contributed by atoms with van der Waals surface area (Å²) in [5.74, 6) is -1.38. The third kappa shape index (κ3) is 3.93. The Balaban J connectivity index is 1.58. The van der Waals surface area contributed by atoms with Gasteiger partial charge in [0.15, 0.2) is 0 Å². The largest absolute Gasteiger partial charge is 0.396 e. The first kappa shape index (κ1) is 23.7. The van der Waals surface area contributed by atoms with E-state index in [1.807, 2.05) is 42.5 Å². The zero-order chi connectivity index (χ0) is 25.4. The average Bonchev–Trinajstić information content (AvgIpc) is 3.43. The van der Waals surface area contributed by atoms with E-state index >= 15 is 0 Å². The zero-order valence-corrected chi connectivity index (χ0v) is 20.2. The fourth-order valence-electron chi connectivity index (χ4n) is 5.49. The predicted molar refractivity (Wildman–Crippen MR) is 136 cm³/mol. The molecule has 1 N–H and O–H groups in total. The van der Waals surface area contributed by atoms with E-state index in [4.69, 9.17) is 0 Å². The summed E-state index contributed by atoms with van der Waals surface area (Å²) in [7, 11) is 3.28. The van der Waals surface area contributed by atoms with Crippen LogP contribution in [0.2, 0.25) is 0 Å². The van der Waals surface area contributed by atoms with Crippen LogP contribution in [0.15, 0.2) is 71.8 Å². The second-order valence-corrected chi connectivity index (χ2v) is 9.46. The topological polar surface area (TPSA) is 95.7 Å². The molecule has 8 heteroatoms. The maximum Gasteiger partial charge on any atom is 0.258 e. The molecule has 1 saturated heterocycles. The van der Waals surface area contributed by atoms with Crippen molar-refractivity contribution in [2.24, 2.45) is 11.8 Å². The van der Waals surface area contributed by atoms with E-state index in [1.54, 1.807) is 54.0 Å². The van der Waals surface area contributed by atoms with Gasteiger partial charge in [0.2, 0.25) is 5.91 Å². The van der Waals surface area contributed by atoms with Gasteiger partial charge in [-0.05, 0) is 35.9 Å². The van der Waals surface area contributed by atoms with E-state index in [1.165, 1.54) is 11.1 Å². The van der Waals surface area contributed by atoms with Gasteiger partial charge in [0, 0.05) is 62.7 Å². The Morgan fingerprint density at radius 2 is 1.86 bits per heavy atom. The molecule has 2 aromatic heterocycles. The minimum absolute atomic E-state index is 0.157. The van der Waals surface area contributed by atoms with Crippen LogP contribution in [0.4, 0.5) is 0 Å². The number of carbonyl (C=O) groups is 2. The van der Waals surface area contributed by atoms with Gasteiger partial charge >= 0.3 is 0 Å². The molecule has 0 radical (unpaired) electrons. The lowest BCUT2D eigenvalue weighted by molar-refractivity contribution is -0.134. The standard InChI is InChI=1S/C28H28N4O4/c1-30(2)28(36)25-22(17-33)21-16-31-23(24(21)32(25)27(35)20-9-6-14-29-15-20)13-12-19(26(31)34)11-10-18-7-4-3-5-8-18/h3-15,21-22,24-25,33H,16-17H2,1-2H3/t21-,22-,24+,25-/m1/s1. The molecular formula is C28H28N4O4. The van der Waals surface area contributed by atoms with Crippen molar-refractivity contribution in [1.82, 2.24) is 19.4 Å². The lowest BCUT2D eigenvalue weighted by Gasteiger charge is -2.32. The second kappa shape index (κ2) is 9.54. The average molecular weight is 485 g/mol. The molecule has 4 heterocycles. The molecule has 184 valence electrons. The fourth-order valence-corrected chi connectivity index (χ4v) is 5.49. The van der Waals surface area contributed by atoms with E-state index in [9.17, 15) is 19.5 Å². The summed E-state index contributed by atoms with van der Waals surface area (Å²) in [6.07, 6.45) is 6.73. The molecule has 4 atom stereocenters. The van der Waals surface area contributed by atoms with Gasteiger partial charge in [-0.15, -0.1) is 0 Å². The number of amides is 2. The number of fused-ring (bicyclic) bond motifs is 3. The smallest absolute Gasteiger partial charge is 0.258 e. The highest BCUT2D eigenvalue weighted by molar-refractivity contribution is 5.98. The molecule has 1 aromatic carbocycles. The summed E-state index contributed by atoms with van der Waals surface area (Å²) in [6, 6.07) is 15.3. The zero-order valence-electron chi connectivity index (χ0n) is 20.2. The molecule has 36 heavy (non-hydrogen) atoms. The number of carbonyl (C=O) groups excluding carboxylic acids is 2. The third-order valence-electron chi connectivity index (χ3n) is 7.20. The van der Waals surface area contributed by atoms with Gasteiger partial charge in [-0.3, -0.25) is 19.4 Å². The van der Waals surface area contributed by atoms with Gasteiger partial charge in [0.25, 0.3) is 11.5 Å². The molecule has 2 aliphatic heterocycles. The molecule has 3 aromatic rings. The van der Waals surface area contributed by atoms with Crippen LogP contribution in [0.1, 0.15) is 33.2 Å². The van der Waals surface area contributed by atoms with Crippen molar-refractivity contribution in [2.75, 3.05) is 20.7 Å². The Kier molecular flexibility index (Phi) is 6.28. The summed E-state index contributed by atoms with van der Waals surface area (Å²) >= 11 is 0. The number of hydrogen-bond donors (Lipinski definition) is 1. The lowest BCUT2D eigenvalue weighted by Crippen LogP contribution is -2.50. The van der Waals surface area contributed by atoms with Crippen LogP contribution < -0.4 is 5.56 Å². The van der Waals surface area contributed by atoms with Crippen molar-refractivity contribution in [3.05, 3.63) is 99.7 Å². The molecular weight excluding hydrogens is 456 g/mol. The van der Waals surface area contributed by atoms with Gasteiger partial charge in [-0.1, -0.05) is 36.4 Å². The SMILES string of the molecule is CN(C)C(=O)[C@H]1[C@H](CO)[C@H]2Cn3c(ccc(C=Cc4ccccc4)c3=O)[C@H]2N1C(=O)c1cccnc1. The highest BCUT2D eigenvalue weighted by Gasteiger charge is 2.57. The summed E-state index contributed by atoms with van der Waals surface area (Å²) in [5.41, 5.74) is 2.39. The number of hydrogen-bond acceptors (Lipinski definition) is 5. The van der Waals surface area contributed by atoms with E-state index < -0.39 is 18.0 Å². The van der Waals surface area contributed by atoms with Crippen LogP contribution in [0.3, 0.4) is 0 Å². The van der Waals surface area contributed by atoms with Crippen LogP contribution in [0, 0.1) is 11.8 Å². The normalized spacial score (nSPS) is 22.5. The van der Waals surface area contributed by atoms with Gasteiger partial charge in [0.1, 0.15) is 6.04 Å². The van der Waals surface area contributed by atoms with Gasteiger partial charge < -0.3 is 19.5 Å². The molecule has 0 saturated carbocycles. The molecule has 0 aliphatic carbocycles. The molecule has 0 spiro atoms. The maximum atomic E-state index is 13.7. The number of likely N-dealkylation sites (tertiary alicyclic amines) is 1. The number of aromatic nitrogens is 2. The van der Waals surface area contributed by atoms with Crippen molar-refractivity contribution in [1.29, 1.82) is 0 Å². The second-order valence-electron chi connectivity index (χ2n) is 9.46. The van der Waals surface area contributed by atoms with E-state index in [-0.39, 0.29) is 29.9 Å². The number of rotatable bonds is 5. The van der Waals surface area contributed by atoms with Crippen LogP contribution in [-0.2, 0) is 11.3 Å². The number of pyridine rings is 2. The minimum Gasteiger partial charge on any atom is -0.396 e. The number of aliphatic hydroxyl groups excluding tert-OH is 1. The van der Waals surface area contributed by atoms with Gasteiger partial charge in [0.05, 0.1) is 11.6 Å². The van der Waals surface area contributed by atoms with E-state index in [2.05, 4.69) is 4.98 Å². The monoisotopic (exact) mass is 484 g/mol. The Labute approximate surface area is 209 Å². The molecule has 5 rings (SSSR count). The number of likely N-dealkylation sites (N-methyl/N-ethyl adjacent to an activating group) is 1. The van der Waals surface area contributed by atoms with Gasteiger partial charge in [-0.2, -0.15) is 0 Å². The van der Waals surface area contributed by atoms with Crippen LogP contribution in [-0.4, -0.2) is 63.0 Å². The highest BCUT2D eigenvalue weighted by Crippen LogP contribution is 2.50. The van der Waals surface area contributed by atoms with Crippen LogP contribution in [0.25, 0.3) is 12.2 Å². The molecule has 2 amide bonds. The van der Waals surface area contributed by atoms with Crippen molar-refractivity contribution in [3.8, 4) is 0 Å². The molecule has 0 bridgehead atoms. The summed E-state index contributed by atoms with van der Waals surface area (Å²) < 4.78 is 1.68. The predicted octanol–water partition coefficient (Wildman–Crippen LogP) is 2.31. The molecule has 8 nitrogen and oxygen atoms in total. The molecule has 0 unspecified atom stereocenters. The Morgan fingerprint density at radius 1 is 1.08 bits per heavy atom. The number of aliphatic hydroxyl groups is 1. The summed E-state index contributed by atoms with van der Waals surface area (Å²) in [5, 5.41) is 10.4. The Morgan fingerprint density at radius 3 is 2.53 bits per heavy atom.